The molecule has 0 bridgehead atoms. The quantitative estimate of drug-likeness (QED) is 0.753. The van der Waals surface area contributed by atoms with Gasteiger partial charge in [-0.2, -0.15) is 5.10 Å². The summed E-state index contributed by atoms with van der Waals surface area (Å²) in [6.45, 7) is 6.60. The van der Waals surface area contributed by atoms with Crippen LogP contribution < -0.4 is 0 Å². The Balaban J connectivity index is 2.25. The van der Waals surface area contributed by atoms with Crippen LogP contribution in [0.4, 0.5) is 0 Å². The molecule has 1 heterocycles. The van der Waals surface area contributed by atoms with E-state index in [1.807, 2.05) is 10.7 Å². The largest absolute Gasteiger partial charge is 0.294 e. The highest BCUT2D eigenvalue weighted by molar-refractivity contribution is 5.96. The molecule has 0 radical (unpaired) electrons. The molecule has 3 heteroatoms. The van der Waals surface area contributed by atoms with Gasteiger partial charge >= 0.3 is 0 Å². The van der Waals surface area contributed by atoms with Crippen LogP contribution in [0.25, 0.3) is 0 Å². The highest BCUT2D eigenvalue weighted by Gasteiger charge is 2.18. The maximum Gasteiger partial charge on any atom is 0.163 e. The number of hydrogen-bond acceptors (Lipinski definition) is 2. The number of nitrogens with zero attached hydrogens (tertiary/aromatic N) is 2. The fourth-order valence-corrected chi connectivity index (χ4v) is 2.63. The van der Waals surface area contributed by atoms with E-state index in [0.717, 1.165) is 42.8 Å². The van der Waals surface area contributed by atoms with Crippen molar-refractivity contribution in [3.63, 3.8) is 0 Å². The zero-order chi connectivity index (χ0) is 14.5. The first-order valence-corrected chi connectivity index (χ1v) is 7.30. The van der Waals surface area contributed by atoms with Crippen LogP contribution in [0.2, 0.25) is 0 Å². The van der Waals surface area contributed by atoms with Crippen molar-refractivity contribution in [1.29, 1.82) is 0 Å². The molecule has 1 aromatic carbocycles. The second-order valence-electron chi connectivity index (χ2n) is 4.99. The smallest absolute Gasteiger partial charge is 0.163 e. The van der Waals surface area contributed by atoms with Crippen molar-refractivity contribution in [1.82, 2.24) is 9.78 Å². The van der Waals surface area contributed by atoms with E-state index < -0.39 is 0 Å². The Morgan fingerprint density at radius 2 is 1.85 bits per heavy atom. The van der Waals surface area contributed by atoms with Crippen molar-refractivity contribution in [3.05, 3.63) is 52.8 Å². The Hall–Kier alpha value is -1.90. The third kappa shape index (κ3) is 2.98. The summed E-state index contributed by atoms with van der Waals surface area (Å²) in [4.78, 5) is 11.8. The third-order valence-corrected chi connectivity index (χ3v) is 3.61. The second-order valence-corrected chi connectivity index (χ2v) is 4.99. The fraction of sp³-hybridized carbons (Fsp3) is 0.412. The van der Waals surface area contributed by atoms with Crippen LogP contribution in [0.1, 0.15) is 48.1 Å². The molecular weight excluding hydrogens is 248 g/mol. The van der Waals surface area contributed by atoms with Crippen molar-refractivity contribution in [2.24, 2.45) is 0 Å². The Labute approximate surface area is 120 Å². The lowest BCUT2D eigenvalue weighted by Crippen LogP contribution is -2.08. The van der Waals surface area contributed by atoms with Gasteiger partial charge in [0, 0.05) is 12.2 Å². The number of aromatic nitrogens is 2. The first-order chi connectivity index (χ1) is 9.67. The van der Waals surface area contributed by atoms with E-state index in [4.69, 9.17) is 0 Å². The Kier molecular flexibility index (Phi) is 4.72. The van der Waals surface area contributed by atoms with E-state index in [9.17, 15) is 4.79 Å². The number of Topliss-reactive ketones (excluding diaryl/α,β-unsaturated/α-hetero) is 1. The van der Waals surface area contributed by atoms with Gasteiger partial charge in [0.2, 0.25) is 0 Å². The predicted octanol–water partition coefficient (Wildman–Crippen LogP) is 3.45. The molecular formula is C17H22N2O. The minimum Gasteiger partial charge on any atom is -0.294 e. The number of ketones is 1. The summed E-state index contributed by atoms with van der Waals surface area (Å²) < 4.78 is 2.02. The Morgan fingerprint density at radius 3 is 2.40 bits per heavy atom. The molecule has 0 aliphatic carbocycles. The molecule has 2 aromatic rings. The molecule has 0 N–H and O–H groups in total. The van der Waals surface area contributed by atoms with Gasteiger partial charge in [-0.05, 0) is 31.7 Å². The summed E-state index contributed by atoms with van der Waals surface area (Å²) >= 11 is 0. The van der Waals surface area contributed by atoms with Crippen LogP contribution in [0.3, 0.4) is 0 Å². The molecule has 0 aliphatic heterocycles. The normalized spacial score (nSPS) is 10.8. The first-order valence-electron chi connectivity index (χ1n) is 7.30. The summed E-state index contributed by atoms with van der Waals surface area (Å²) in [5.41, 5.74) is 4.14. The maximum absolute atomic E-state index is 11.8. The van der Waals surface area contributed by atoms with Gasteiger partial charge in [0.05, 0.1) is 11.3 Å². The van der Waals surface area contributed by atoms with E-state index in [2.05, 4.69) is 43.2 Å². The molecule has 0 atom stereocenters. The lowest BCUT2D eigenvalue weighted by atomic mass is 10.1. The van der Waals surface area contributed by atoms with Gasteiger partial charge in [-0.15, -0.1) is 0 Å². The average molecular weight is 270 g/mol. The van der Waals surface area contributed by atoms with E-state index >= 15 is 0 Å². The molecule has 0 amide bonds. The number of carbonyl (C=O) groups is 1. The van der Waals surface area contributed by atoms with Gasteiger partial charge < -0.3 is 0 Å². The molecule has 0 aliphatic rings. The van der Waals surface area contributed by atoms with Crippen LogP contribution >= 0.6 is 0 Å². The summed E-state index contributed by atoms with van der Waals surface area (Å²) in [7, 11) is 0. The van der Waals surface area contributed by atoms with E-state index in [1.165, 1.54) is 5.56 Å². The number of carbonyl (C=O) groups excluding carboxylic acids is 1. The number of rotatable bonds is 6. The van der Waals surface area contributed by atoms with E-state index in [0.29, 0.717) is 0 Å². The molecule has 3 nitrogen and oxygen atoms in total. The molecule has 1 aromatic heterocycles. The van der Waals surface area contributed by atoms with E-state index in [-0.39, 0.29) is 5.78 Å². The van der Waals surface area contributed by atoms with Crippen LogP contribution in [-0.4, -0.2) is 15.6 Å². The molecule has 0 fully saturated rings. The monoisotopic (exact) mass is 270 g/mol. The van der Waals surface area contributed by atoms with Crippen LogP contribution in [0.15, 0.2) is 30.3 Å². The number of benzene rings is 1. The molecule has 106 valence electrons. The Bertz CT molecular complexity index is 585. The molecule has 2 rings (SSSR count). The van der Waals surface area contributed by atoms with Crippen molar-refractivity contribution in [3.8, 4) is 0 Å². The zero-order valence-electron chi connectivity index (χ0n) is 12.5. The SMILES string of the molecule is CCc1nn(CCc2ccccc2)c(CC)c1C(C)=O. The summed E-state index contributed by atoms with van der Waals surface area (Å²) in [6.07, 6.45) is 2.59. The van der Waals surface area contributed by atoms with Gasteiger partial charge in [0.25, 0.3) is 0 Å². The lowest BCUT2D eigenvalue weighted by molar-refractivity contribution is 0.101. The molecule has 0 saturated heterocycles. The van der Waals surface area contributed by atoms with Gasteiger partial charge in [0.15, 0.2) is 5.78 Å². The van der Waals surface area contributed by atoms with Gasteiger partial charge in [-0.3, -0.25) is 9.48 Å². The highest BCUT2D eigenvalue weighted by atomic mass is 16.1. The van der Waals surface area contributed by atoms with Gasteiger partial charge in [0.1, 0.15) is 0 Å². The van der Waals surface area contributed by atoms with Gasteiger partial charge in [-0.1, -0.05) is 44.2 Å². The average Bonchev–Trinajstić information content (AvgIpc) is 2.84. The predicted molar refractivity (Wildman–Crippen MR) is 81.1 cm³/mol. The highest BCUT2D eigenvalue weighted by Crippen LogP contribution is 2.17. The molecule has 0 saturated carbocycles. The lowest BCUT2D eigenvalue weighted by Gasteiger charge is -2.07. The van der Waals surface area contributed by atoms with Crippen LogP contribution in [0.5, 0.6) is 0 Å². The second kappa shape index (κ2) is 6.51. The first kappa shape index (κ1) is 14.5. The van der Waals surface area contributed by atoms with Crippen molar-refractivity contribution < 1.29 is 4.79 Å². The van der Waals surface area contributed by atoms with Crippen molar-refractivity contribution >= 4 is 5.78 Å². The van der Waals surface area contributed by atoms with E-state index in [1.54, 1.807) is 6.92 Å². The zero-order valence-corrected chi connectivity index (χ0v) is 12.5. The third-order valence-electron chi connectivity index (χ3n) is 3.61. The minimum absolute atomic E-state index is 0.129. The Morgan fingerprint density at radius 1 is 1.15 bits per heavy atom. The number of aryl methyl sites for hydroxylation is 3. The minimum atomic E-state index is 0.129. The fourth-order valence-electron chi connectivity index (χ4n) is 2.63. The number of hydrogen-bond donors (Lipinski definition) is 0. The van der Waals surface area contributed by atoms with Gasteiger partial charge in [-0.25, -0.2) is 0 Å². The molecule has 0 unspecified atom stereocenters. The van der Waals surface area contributed by atoms with Crippen LogP contribution in [-0.2, 0) is 25.8 Å². The van der Waals surface area contributed by atoms with Crippen molar-refractivity contribution in [2.75, 3.05) is 0 Å². The summed E-state index contributed by atoms with van der Waals surface area (Å²) in [6, 6.07) is 10.4. The molecule has 20 heavy (non-hydrogen) atoms. The summed E-state index contributed by atoms with van der Waals surface area (Å²) in [5.74, 6) is 0.129. The molecule has 0 spiro atoms. The van der Waals surface area contributed by atoms with Crippen molar-refractivity contribution in [2.45, 2.75) is 46.6 Å². The standard InChI is InChI=1S/C17H22N2O/c1-4-15-17(13(3)20)16(5-2)19(18-15)12-11-14-9-7-6-8-10-14/h6-10H,4-5,11-12H2,1-3H3. The van der Waals surface area contributed by atoms with Crippen LogP contribution in [0, 0.1) is 0 Å². The summed E-state index contributed by atoms with van der Waals surface area (Å²) in [5, 5.41) is 4.63. The maximum atomic E-state index is 11.8. The topological polar surface area (TPSA) is 34.9 Å².